The summed E-state index contributed by atoms with van der Waals surface area (Å²) in [6.07, 6.45) is 1.58. The van der Waals surface area contributed by atoms with E-state index in [1.165, 1.54) is 0 Å². The molecule has 1 heterocycles. The van der Waals surface area contributed by atoms with Gasteiger partial charge < -0.3 is 15.8 Å². The Hall–Kier alpha value is -2.27. The van der Waals surface area contributed by atoms with Gasteiger partial charge in [-0.3, -0.25) is 4.79 Å². The van der Waals surface area contributed by atoms with E-state index in [0.29, 0.717) is 17.1 Å². The van der Waals surface area contributed by atoms with E-state index in [1.54, 1.807) is 36.5 Å². The number of rotatable bonds is 4. The number of nitrogen functional groups attached to an aromatic ring is 1. The fourth-order valence-corrected chi connectivity index (χ4v) is 1.82. The average Bonchev–Trinajstić information content (AvgIpc) is 2.42. The van der Waals surface area contributed by atoms with Crippen LogP contribution >= 0.6 is 11.6 Å². The van der Waals surface area contributed by atoms with Crippen molar-refractivity contribution >= 4 is 28.9 Å². The number of hydrogen-bond acceptors (Lipinski definition) is 4. The number of aromatic nitrogens is 1. The number of nitrogens with one attached hydrogen (secondary N) is 1. The highest BCUT2D eigenvalue weighted by Gasteiger charge is 2.09. The summed E-state index contributed by atoms with van der Waals surface area (Å²) in [5.74, 6) is 0.267. The van der Waals surface area contributed by atoms with Crippen molar-refractivity contribution in [1.29, 1.82) is 0 Å². The highest BCUT2D eigenvalue weighted by Crippen LogP contribution is 2.22. The minimum absolute atomic E-state index is 0.116. The number of nitrogens with zero attached hydrogens (tertiary/aromatic N) is 1. The number of carbonyl (C=O) groups excluding carboxylic acids is 1. The van der Waals surface area contributed by atoms with Crippen molar-refractivity contribution in [1.82, 2.24) is 4.98 Å². The van der Waals surface area contributed by atoms with Gasteiger partial charge in [-0.25, -0.2) is 4.98 Å². The molecule has 1 aromatic heterocycles. The predicted octanol–water partition coefficient (Wildman–Crippen LogP) is 2.64. The van der Waals surface area contributed by atoms with Gasteiger partial charge in [0, 0.05) is 11.9 Å². The van der Waals surface area contributed by atoms with Crippen LogP contribution in [0.25, 0.3) is 0 Å². The molecule has 0 aliphatic carbocycles. The second kappa shape index (κ2) is 6.25. The molecule has 0 aliphatic rings. The van der Waals surface area contributed by atoms with Crippen LogP contribution < -0.4 is 15.8 Å². The van der Waals surface area contributed by atoms with Crippen molar-refractivity contribution in [2.45, 2.75) is 6.92 Å². The average molecular weight is 292 g/mol. The predicted molar refractivity (Wildman–Crippen MR) is 79.0 cm³/mol. The fraction of sp³-hybridized carbons (Fsp3) is 0.143. The Morgan fingerprint density at radius 2 is 2.05 bits per heavy atom. The van der Waals surface area contributed by atoms with Gasteiger partial charge in [0.25, 0.3) is 5.91 Å². The van der Waals surface area contributed by atoms with Crippen LogP contribution in [0.1, 0.15) is 5.56 Å². The van der Waals surface area contributed by atoms with Gasteiger partial charge >= 0.3 is 0 Å². The summed E-state index contributed by atoms with van der Waals surface area (Å²) in [5, 5.41) is 2.93. The smallest absolute Gasteiger partial charge is 0.262 e. The molecule has 104 valence electrons. The topological polar surface area (TPSA) is 77.2 Å². The van der Waals surface area contributed by atoms with Gasteiger partial charge in [0.15, 0.2) is 11.8 Å². The molecule has 3 N–H and O–H groups in total. The maximum Gasteiger partial charge on any atom is 0.262 e. The van der Waals surface area contributed by atoms with E-state index in [9.17, 15) is 4.79 Å². The highest BCUT2D eigenvalue weighted by molar-refractivity contribution is 6.32. The zero-order valence-corrected chi connectivity index (χ0v) is 11.6. The summed E-state index contributed by atoms with van der Waals surface area (Å²) in [4.78, 5) is 15.7. The Labute approximate surface area is 121 Å². The molecule has 2 rings (SSSR count). The van der Waals surface area contributed by atoms with Crippen molar-refractivity contribution < 1.29 is 9.53 Å². The summed E-state index contributed by atoms with van der Waals surface area (Å²) in [6, 6.07) is 8.57. The molecular weight excluding hydrogens is 278 g/mol. The normalized spacial score (nSPS) is 10.1. The van der Waals surface area contributed by atoms with Crippen molar-refractivity contribution in [3.8, 4) is 5.75 Å². The molecule has 6 heteroatoms. The summed E-state index contributed by atoms with van der Waals surface area (Å²) < 4.78 is 5.34. The van der Waals surface area contributed by atoms with E-state index < -0.39 is 0 Å². The lowest BCUT2D eigenvalue weighted by Crippen LogP contribution is -2.21. The summed E-state index contributed by atoms with van der Waals surface area (Å²) in [6.45, 7) is 1.72. The number of anilines is 2. The van der Waals surface area contributed by atoms with Gasteiger partial charge in [-0.1, -0.05) is 11.6 Å². The third kappa shape index (κ3) is 3.61. The number of hydrogen-bond donors (Lipinski definition) is 2. The SMILES string of the molecule is Cc1ccnc(Cl)c1NC(=O)COc1ccc(N)cc1. The zero-order chi connectivity index (χ0) is 14.5. The van der Waals surface area contributed by atoms with E-state index in [-0.39, 0.29) is 17.7 Å². The van der Waals surface area contributed by atoms with Crippen molar-refractivity contribution in [3.63, 3.8) is 0 Å². The lowest BCUT2D eigenvalue weighted by atomic mass is 10.2. The lowest BCUT2D eigenvalue weighted by Gasteiger charge is -2.10. The van der Waals surface area contributed by atoms with Gasteiger partial charge in [-0.05, 0) is 42.8 Å². The van der Waals surface area contributed by atoms with Gasteiger partial charge in [0.2, 0.25) is 0 Å². The lowest BCUT2D eigenvalue weighted by molar-refractivity contribution is -0.118. The largest absolute Gasteiger partial charge is 0.484 e. The first kappa shape index (κ1) is 14.1. The van der Waals surface area contributed by atoms with Crippen molar-refractivity contribution in [3.05, 3.63) is 47.2 Å². The molecule has 2 aromatic rings. The Balaban J connectivity index is 1.94. The highest BCUT2D eigenvalue weighted by atomic mass is 35.5. The molecular formula is C14H14ClN3O2. The molecule has 20 heavy (non-hydrogen) atoms. The van der Waals surface area contributed by atoms with Crippen LogP contribution in [0.2, 0.25) is 5.15 Å². The minimum Gasteiger partial charge on any atom is -0.484 e. The molecule has 5 nitrogen and oxygen atoms in total. The number of benzene rings is 1. The van der Waals surface area contributed by atoms with E-state index >= 15 is 0 Å². The van der Waals surface area contributed by atoms with Gasteiger partial charge in [-0.15, -0.1) is 0 Å². The molecule has 1 amide bonds. The number of halogens is 1. The second-order valence-electron chi connectivity index (χ2n) is 4.20. The third-order valence-electron chi connectivity index (χ3n) is 2.63. The number of carbonyl (C=O) groups is 1. The first-order valence-corrected chi connectivity index (χ1v) is 6.33. The Kier molecular flexibility index (Phi) is 4.42. The van der Waals surface area contributed by atoms with E-state index in [1.807, 2.05) is 6.92 Å². The summed E-state index contributed by atoms with van der Waals surface area (Å²) >= 11 is 5.93. The summed E-state index contributed by atoms with van der Waals surface area (Å²) in [5.41, 5.74) is 7.54. The van der Waals surface area contributed by atoms with Gasteiger partial charge in [-0.2, -0.15) is 0 Å². The molecule has 0 unspecified atom stereocenters. The van der Waals surface area contributed by atoms with Crippen molar-refractivity contribution in [2.24, 2.45) is 0 Å². The monoisotopic (exact) mass is 291 g/mol. The van der Waals surface area contributed by atoms with E-state index in [0.717, 1.165) is 5.56 Å². The van der Waals surface area contributed by atoms with Crippen LogP contribution in [0.3, 0.4) is 0 Å². The van der Waals surface area contributed by atoms with Gasteiger partial charge in [0.05, 0.1) is 5.69 Å². The van der Waals surface area contributed by atoms with Crippen LogP contribution in [0.4, 0.5) is 11.4 Å². The molecule has 1 aromatic carbocycles. The number of amides is 1. The van der Waals surface area contributed by atoms with Crippen LogP contribution in [-0.2, 0) is 4.79 Å². The zero-order valence-electron chi connectivity index (χ0n) is 10.9. The van der Waals surface area contributed by atoms with E-state index in [2.05, 4.69) is 10.3 Å². The molecule has 0 spiro atoms. The number of nitrogens with two attached hydrogens (primary N) is 1. The van der Waals surface area contributed by atoms with Crippen LogP contribution in [-0.4, -0.2) is 17.5 Å². The standard InChI is InChI=1S/C14H14ClN3O2/c1-9-6-7-17-14(15)13(9)18-12(19)8-20-11-4-2-10(16)3-5-11/h2-7H,8,16H2,1H3,(H,18,19). The van der Waals surface area contributed by atoms with Crippen LogP contribution in [0.15, 0.2) is 36.5 Å². The number of aryl methyl sites for hydroxylation is 1. The van der Waals surface area contributed by atoms with Crippen LogP contribution in [0.5, 0.6) is 5.75 Å². The van der Waals surface area contributed by atoms with Crippen molar-refractivity contribution in [2.75, 3.05) is 17.7 Å². The first-order valence-electron chi connectivity index (χ1n) is 5.95. The first-order chi connectivity index (χ1) is 9.56. The Morgan fingerprint density at radius 1 is 1.35 bits per heavy atom. The molecule has 0 fully saturated rings. The maximum absolute atomic E-state index is 11.8. The Bertz CT molecular complexity index is 594. The molecule has 0 atom stereocenters. The molecule has 0 saturated carbocycles. The maximum atomic E-state index is 11.8. The van der Waals surface area contributed by atoms with Gasteiger partial charge in [0.1, 0.15) is 5.75 Å². The van der Waals surface area contributed by atoms with E-state index in [4.69, 9.17) is 22.1 Å². The molecule has 0 saturated heterocycles. The Morgan fingerprint density at radius 3 is 2.70 bits per heavy atom. The summed E-state index contributed by atoms with van der Waals surface area (Å²) in [7, 11) is 0. The number of pyridine rings is 1. The molecule has 0 bridgehead atoms. The minimum atomic E-state index is -0.306. The van der Waals surface area contributed by atoms with Crippen LogP contribution in [0, 0.1) is 6.92 Å². The fourth-order valence-electron chi connectivity index (χ4n) is 1.56. The number of ether oxygens (including phenoxy) is 1. The molecule has 0 radical (unpaired) electrons. The molecule has 0 aliphatic heterocycles. The quantitative estimate of drug-likeness (QED) is 0.670. The third-order valence-corrected chi connectivity index (χ3v) is 2.91. The second-order valence-corrected chi connectivity index (χ2v) is 4.56.